The number of rotatable bonds is 6. The maximum atomic E-state index is 14.6. The molecule has 2 nitrogen and oxygen atoms in total. The Bertz CT molecular complexity index is 783. The summed E-state index contributed by atoms with van der Waals surface area (Å²) >= 11 is 0. The first kappa shape index (κ1) is 19.9. The van der Waals surface area contributed by atoms with E-state index in [0.717, 1.165) is 32.3 Å². The van der Waals surface area contributed by atoms with Gasteiger partial charge < -0.3 is 9.47 Å². The Morgan fingerprint density at radius 1 is 1.04 bits per heavy atom. The van der Waals surface area contributed by atoms with E-state index in [1.165, 1.54) is 31.2 Å². The molecule has 1 heterocycles. The maximum absolute atomic E-state index is 14.6. The first-order valence-electron chi connectivity index (χ1n) is 9.48. The summed E-state index contributed by atoms with van der Waals surface area (Å²) in [5.41, 5.74) is 0.874. The average molecular weight is 378 g/mol. The second-order valence-corrected chi connectivity index (χ2v) is 7.04. The van der Waals surface area contributed by atoms with Crippen LogP contribution in [0.3, 0.4) is 0 Å². The van der Waals surface area contributed by atoms with E-state index in [4.69, 9.17) is 9.47 Å². The van der Waals surface area contributed by atoms with Crippen molar-refractivity contribution in [2.75, 3.05) is 13.2 Å². The Hall–Kier alpha value is -1.85. The van der Waals surface area contributed by atoms with Crippen LogP contribution in [0, 0.1) is 24.4 Å². The van der Waals surface area contributed by atoms with Gasteiger partial charge in [-0.25, -0.2) is 13.2 Å². The number of benzene rings is 2. The Morgan fingerprint density at radius 3 is 2.48 bits per heavy atom. The van der Waals surface area contributed by atoms with E-state index in [9.17, 15) is 13.2 Å². The molecule has 0 bridgehead atoms. The summed E-state index contributed by atoms with van der Waals surface area (Å²) in [7, 11) is 0. The van der Waals surface area contributed by atoms with Gasteiger partial charge in [-0.1, -0.05) is 37.6 Å². The summed E-state index contributed by atoms with van der Waals surface area (Å²) < 4.78 is 54.2. The number of hydrogen-bond acceptors (Lipinski definition) is 2. The van der Waals surface area contributed by atoms with Crippen LogP contribution in [-0.4, -0.2) is 19.3 Å². The zero-order chi connectivity index (χ0) is 19.4. The first-order valence-corrected chi connectivity index (χ1v) is 9.48. The lowest BCUT2D eigenvalue weighted by Gasteiger charge is -2.29. The third-order valence-corrected chi connectivity index (χ3v) is 5.02. The van der Waals surface area contributed by atoms with Crippen LogP contribution in [0.25, 0.3) is 11.1 Å². The highest BCUT2D eigenvalue weighted by atomic mass is 19.2. The summed E-state index contributed by atoms with van der Waals surface area (Å²) in [5.74, 6) is -2.55. The van der Waals surface area contributed by atoms with Gasteiger partial charge >= 0.3 is 0 Å². The summed E-state index contributed by atoms with van der Waals surface area (Å²) in [6.45, 7) is 4.81. The minimum Gasteiger partial charge on any atom is -0.376 e. The standard InChI is InChI=1S/C22H25F3O2/c1-3-4-11-26-16-7-10-20(27-13-16)15-6-9-17(19(23)12-15)18-8-5-14(2)21(24)22(18)25/h5-6,8-9,12,16,20H,3-4,7,10-11,13H2,1-2H3. The second-order valence-electron chi connectivity index (χ2n) is 7.04. The Kier molecular flexibility index (Phi) is 6.55. The van der Waals surface area contributed by atoms with Crippen molar-refractivity contribution >= 4 is 0 Å². The molecule has 2 aromatic carbocycles. The molecule has 3 rings (SSSR count). The van der Waals surface area contributed by atoms with Crippen molar-refractivity contribution in [3.8, 4) is 11.1 Å². The highest BCUT2D eigenvalue weighted by molar-refractivity contribution is 5.66. The van der Waals surface area contributed by atoms with Crippen LogP contribution in [0.2, 0.25) is 0 Å². The Morgan fingerprint density at radius 2 is 1.81 bits per heavy atom. The third kappa shape index (κ3) is 4.53. The molecule has 0 aliphatic carbocycles. The Balaban J connectivity index is 1.70. The monoisotopic (exact) mass is 378 g/mol. The van der Waals surface area contributed by atoms with Crippen LogP contribution in [0.1, 0.15) is 49.8 Å². The van der Waals surface area contributed by atoms with E-state index in [-0.39, 0.29) is 28.9 Å². The lowest BCUT2D eigenvalue weighted by molar-refractivity contribution is -0.0872. The predicted molar refractivity (Wildman–Crippen MR) is 99.1 cm³/mol. The van der Waals surface area contributed by atoms with Crippen LogP contribution in [0.5, 0.6) is 0 Å². The van der Waals surface area contributed by atoms with Gasteiger partial charge in [0.05, 0.1) is 18.8 Å². The van der Waals surface area contributed by atoms with Crippen molar-refractivity contribution in [3.05, 3.63) is 58.9 Å². The summed E-state index contributed by atoms with van der Waals surface area (Å²) in [6.07, 6.45) is 3.59. The first-order chi connectivity index (χ1) is 13.0. The van der Waals surface area contributed by atoms with Crippen molar-refractivity contribution in [2.45, 2.75) is 51.7 Å². The van der Waals surface area contributed by atoms with E-state index in [1.54, 1.807) is 6.07 Å². The molecule has 0 aromatic heterocycles. The van der Waals surface area contributed by atoms with Crippen LogP contribution >= 0.6 is 0 Å². The van der Waals surface area contributed by atoms with E-state index < -0.39 is 17.5 Å². The third-order valence-electron chi connectivity index (χ3n) is 5.02. The minimum absolute atomic E-state index is 0.0479. The fourth-order valence-corrected chi connectivity index (χ4v) is 3.32. The largest absolute Gasteiger partial charge is 0.376 e. The van der Waals surface area contributed by atoms with E-state index >= 15 is 0 Å². The van der Waals surface area contributed by atoms with Gasteiger partial charge in [-0.3, -0.25) is 0 Å². The van der Waals surface area contributed by atoms with Crippen LogP contribution in [-0.2, 0) is 9.47 Å². The van der Waals surface area contributed by atoms with Crippen LogP contribution in [0.4, 0.5) is 13.2 Å². The number of hydrogen-bond donors (Lipinski definition) is 0. The van der Waals surface area contributed by atoms with Gasteiger partial charge in [0.15, 0.2) is 11.6 Å². The second kappa shape index (κ2) is 8.89. The SMILES string of the molecule is CCCCOC1CCC(c2ccc(-c3ccc(C)c(F)c3F)c(F)c2)OC1. The molecule has 1 aliphatic heterocycles. The normalized spacial score (nSPS) is 20.0. The van der Waals surface area contributed by atoms with Crippen molar-refractivity contribution in [1.29, 1.82) is 0 Å². The predicted octanol–water partition coefficient (Wildman–Crippen LogP) is 6.12. The topological polar surface area (TPSA) is 18.5 Å². The van der Waals surface area contributed by atoms with Gasteiger partial charge in [0.25, 0.3) is 0 Å². The lowest BCUT2D eigenvalue weighted by atomic mass is 9.96. The van der Waals surface area contributed by atoms with Crippen LogP contribution in [0.15, 0.2) is 30.3 Å². The fourth-order valence-electron chi connectivity index (χ4n) is 3.32. The fraction of sp³-hybridized carbons (Fsp3) is 0.455. The molecule has 0 amide bonds. The molecule has 0 N–H and O–H groups in total. The number of unbranched alkanes of at least 4 members (excludes halogenated alkanes) is 1. The zero-order valence-corrected chi connectivity index (χ0v) is 15.7. The van der Waals surface area contributed by atoms with Gasteiger partial charge in [-0.05, 0) is 43.4 Å². The Labute approximate surface area is 158 Å². The van der Waals surface area contributed by atoms with Crippen molar-refractivity contribution in [3.63, 3.8) is 0 Å². The molecule has 27 heavy (non-hydrogen) atoms. The molecule has 0 radical (unpaired) electrons. The quantitative estimate of drug-likeness (QED) is 0.564. The molecule has 2 unspecified atom stereocenters. The number of aryl methyl sites for hydroxylation is 1. The molecule has 1 saturated heterocycles. The molecule has 146 valence electrons. The smallest absolute Gasteiger partial charge is 0.167 e. The molecule has 2 atom stereocenters. The van der Waals surface area contributed by atoms with Crippen molar-refractivity contribution in [1.82, 2.24) is 0 Å². The highest BCUT2D eigenvalue weighted by Gasteiger charge is 2.24. The molecule has 5 heteroatoms. The van der Waals surface area contributed by atoms with Crippen molar-refractivity contribution in [2.24, 2.45) is 0 Å². The van der Waals surface area contributed by atoms with E-state index in [1.807, 2.05) is 0 Å². The minimum atomic E-state index is -1.03. The molecule has 0 saturated carbocycles. The average Bonchev–Trinajstić information content (AvgIpc) is 2.68. The molecule has 0 spiro atoms. The van der Waals surface area contributed by atoms with E-state index in [2.05, 4.69) is 6.92 Å². The summed E-state index contributed by atoms with van der Waals surface area (Å²) in [4.78, 5) is 0. The molecular weight excluding hydrogens is 353 g/mol. The summed E-state index contributed by atoms with van der Waals surface area (Å²) in [5, 5.41) is 0. The van der Waals surface area contributed by atoms with Gasteiger partial charge in [-0.2, -0.15) is 0 Å². The number of ether oxygens (including phenoxy) is 2. The van der Waals surface area contributed by atoms with Crippen molar-refractivity contribution < 1.29 is 22.6 Å². The van der Waals surface area contributed by atoms with Gasteiger partial charge in [0, 0.05) is 17.7 Å². The molecular formula is C22H25F3O2. The van der Waals surface area contributed by atoms with Crippen LogP contribution < -0.4 is 0 Å². The number of halogens is 3. The molecule has 2 aromatic rings. The highest BCUT2D eigenvalue weighted by Crippen LogP contribution is 2.33. The lowest BCUT2D eigenvalue weighted by Crippen LogP contribution is -2.28. The summed E-state index contributed by atoms with van der Waals surface area (Å²) in [6, 6.07) is 7.42. The molecule has 1 aliphatic rings. The molecule has 1 fully saturated rings. The van der Waals surface area contributed by atoms with E-state index in [0.29, 0.717) is 12.2 Å². The van der Waals surface area contributed by atoms with Gasteiger partial charge in [0.1, 0.15) is 5.82 Å². The van der Waals surface area contributed by atoms with Gasteiger partial charge in [-0.15, -0.1) is 0 Å². The zero-order valence-electron chi connectivity index (χ0n) is 15.7. The maximum Gasteiger partial charge on any atom is 0.167 e. The van der Waals surface area contributed by atoms with Gasteiger partial charge in [0.2, 0.25) is 0 Å².